The molecule has 3 aliphatic heterocycles. The Bertz CT molecular complexity index is 9170. The van der Waals surface area contributed by atoms with Gasteiger partial charge in [-0.1, -0.05) is 325 Å². The molecule has 27 aromatic rings. The zero-order valence-corrected chi connectivity index (χ0v) is 79.6. The normalized spacial score (nSPS) is 12.1. The Hall–Kier alpha value is -18.5. The highest BCUT2D eigenvalue weighted by Gasteiger charge is 2.31. The average molecular weight is 1930 g/mol. The third kappa shape index (κ3) is 15.3. The van der Waals surface area contributed by atoms with E-state index in [4.69, 9.17) is 4.74 Å². The van der Waals surface area contributed by atoms with E-state index in [1.807, 2.05) is 47.8 Å². The summed E-state index contributed by atoms with van der Waals surface area (Å²) in [6.45, 7) is 0. The third-order valence-corrected chi connectivity index (χ3v) is 30.9. The van der Waals surface area contributed by atoms with E-state index < -0.39 is 0 Å². The molecule has 0 fully saturated rings. The maximum atomic E-state index is 6.26. The van der Waals surface area contributed by atoms with Crippen molar-refractivity contribution in [2.24, 2.45) is 0 Å². The second-order valence-corrected chi connectivity index (χ2v) is 38.9. The first-order valence-electron chi connectivity index (χ1n) is 48.8. The SMILES string of the molecule is C.C.C.c1ccc(-c2ccc(-n3ccc4c3ccc3c5ccccc5n(-c5ccc(N6c7ccccc7Oc7ccccc76)cc5)c34)cc2)cc1.c1ccc(-c2ccc(-n3ccc4c3ccc3c5ccccc5n(-c5ccc(N6c7ccccc7Sc7ccccc76)cc5)c34)cc2)cc1.c1ccc(-c2ccc(-n3ccc4c3ccc3c5ccccc5n(-c5cccc(N6c7ccccc7Sc7ccccc76)c5)c34)cc2)cc1. The van der Waals surface area contributed by atoms with Gasteiger partial charge in [0.1, 0.15) is 0 Å². The van der Waals surface area contributed by atoms with Gasteiger partial charge in [0.15, 0.2) is 11.5 Å². The molecular weight excluding hydrogens is 1830 g/mol. The van der Waals surface area contributed by atoms with Crippen LogP contribution >= 0.6 is 23.5 Å². The lowest BCUT2D eigenvalue weighted by molar-refractivity contribution is 0.477. The van der Waals surface area contributed by atoms with Crippen molar-refractivity contribution in [1.82, 2.24) is 27.4 Å². The van der Waals surface area contributed by atoms with Crippen molar-refractivity contribution in [3.8, 4) is 79.0 Å². The van der Waals surface area contributed by atoms with Crippen LogP contribution in [0.4, 0.5) is 51.2 Å². The topological polar surface area (TPSA) is 48.5 Å². The Morgan fingerprint density at radius 3 is 0.762 bits per heavy atom. The van der Waals surface area contributed by atoms with Crippen molar-refractivity contribution >= 4 is 173 Å². The van der Waals surface area contributed by atoms with E-state index in [1.54, 1.807) is 0 Å². The molecule has 702 valence electrons. The molecule has 0 spiro atoms. The van der Waals surface area contributed by atoms with Gasteiger partial charge in [0.05, 0.1) is 83.8 Å². The van der Waals surface area contributed by atoms with Crippen LogP contribution in [0.1, 0.15) is 22.3 Å². The highest BCUT2D eigenvalue weighted by atomic mass is 32.2. The number of aromatic nitrogens is 6. The molecular formula is C135H99N9OS2. The third-order valence-electron chi connectivity index (χ3n) is 28.6. The summed E-state index contributed by atoms with van der Waals surface area (Å²) >= 11 is 3.68. The molecule has 6 aromatic heterocycles. The van der Waals surface area contributed by atoms with Gasteiger partial charge in [0.25, 0.3) is 0 Å². The molecule has 0 amide bonds. The fourth-order valence-corrected chi connectivity index (χ4v) is 24.2. The first-order chi connectivity index (χ1) is 71.4. The predicted molar refractivity (Wildman–Crippen MR) is 622 cm³/mol. The zero-order valence-electron chi connectivity index (χ0n) is 78.0. The van der Waals surface area contributed by atoms with Gasteiger partial charge in [0, 0.05) is 138 Å². The molecule has 0 bridgehead atoms. The highest BCUT2D eigenvalue weighted by molar-refractivity contribution is 8.00. The molecule has 9 heterocycles. The minimum atomic E-state index is 0. The molecule has 0 radical (unpaired) electrons. The van der Waals surface area contributed by atoms with Crippen LogP contribution in [-0.2, 0) is 0 Å². The molecule has 30 rings (SSSR count). The van der Waals surface area contributed by atoms with E-state index in [2.05, 4.69) is 546 Å². The van der Waals surface area contributed by atoms with Crippen molar-refractivity contribution in [3.05, 3.63) is 528 Å². The standard InChI is InChI=1S/C44H29N3O.2C44H29N3S.3CH4/c1-2-10-30(11-3-1)31-18-20-32(21-19-31)45-29-28-37-38(45)27-26-36-35-12-4-5-13-39(35)47(44(36)37)34-24-22-33(23-25-34)46-40-14-6-8-16-42(40)48-43-17-9-7-15-41(43)46;1-2-11-30(12-3-1)31-21-23-32(24-22-31)45-28-27-37-38(45)26-25-36-35-15-4-5-16-39(35)47(44(36)37)34-14-10-13-33(29-34)46-40-17-6-8-19-42(40)48-43-20-9-7-18-41(43)46;1-2-10-30(11-3-1)31-18-20-32(21-19-31)45-29-28-37-38(45)27-26-36-35-12-4-5-13-39(35)47(44(36)37)34-24-22-33(23-25-34)46-40-14-6-8-16-42(40)48-43-17-9-7-15-41(43)46;;;/h3*1-29H;3*1H4. The maximum absolute atomic E-state index is 6.26. The number of nitrogens with zero attached hydrogens (tertiary/aromatic N) is 9. The molecule has 10 nitrogen and oxygen atoms in total. The second kappa shape index (κ2) is 37.4. The summed E-state index contributed by atoms with van der Waals surface area (Å²) < 4.78 is 20.5. The van der Waals surface area contributed by atoms with Crippen LogP contribution < -0.4 is 19.4 Å². The predicted octanol–water partition coefficient (Wildman–Crippen LogP) is 38.5. The second-order valence-electron chi connectivity index (χ2n) is 36.7. The van der Waals surface area contributed by atoms with Crippen LogP contribution in [0.2, 0.25) is 0 Å². The lowest BCUT2D eigenvalue weighted by Crippen LogP contribution is -2.15. The number of para-hydroxylation sites is 11. The Morgan fingerprint density at radius 1 is 0.156 bits per heavy atom. The molecule has 21 aromatic carbocycles. The Morgan fingerprint density at radius 2 is 0.415 bits per heavy atom. The summed E-state index contributed by atoms with van der Waals surface area (Å²) in [5, 5.41) is 11.2. The number of fused-ring (bicyclic) bond motifs is 21. The van der Waals surface area contributed by atoms with Crippen LogP contribution in [0.3, 0.4) is 0 Å². The fraction of sp³-hybridized carbons (Fsp3) is 0.0222. The van der Waals surface area contributed by atoms with E-state index in [0.717, 1.165) is 74.1 Å². The average Bonchev–Trinajstić information content (AvgIpc) is 1.57. The van der Waals surface area contributed by atoms with Crippen molar-refractivity contribution < 1.29 is 4.74 Å². The Labute approximate surface area is 862 Å². The van der Waals surface area contributed by atoms with E-state index in [1.165, 1.54) is 174 Å². The summed E-state index contributed by atoms with van der Waals surface area (Å²) in [5.41, 5.74) is 35.2. The van der Waals surface area contributed by atoms with Crippen molar-refractivity contribution in [2.45, 2.75) is 41.9 Å². The molecule has 0 unspecified atom stereocenters. The number of anilines is 9. The van der Waals surface area contributed by atoms with Gasteiger partial charge >= 0.3 is 0 Å². The maximum Gasteiger partial charge on any atom is 0.151 e. The molecule has 0 saturated heterocycles. The molecule has 0 aliphatic carbocycles. The summed E-state index contributed by atoms with van der Waals surface area (Å²) in [6, 6.07) is 183. The van der Waals surface area contributed by atoms with Crippen LogP contribution in [0.15, 0.2) is 548 Å². The van der Waals surface area contributed by atoms with Crippen LogP contribution in [0, 0.1) is 0 Å². The molecule has 3 aliphatic rings. The van der Waals surface area contributed by atoms with E-state index in [0.29, 0.717) is 0 Å². The molecule has 0 saturated carbocycles. The monoisotopic (exact) mass is 1930 g/mol. The van der Waals surface area contributed by atoms with E-state index >= 15 is 0 Å². The van der Waals surface area contributed by atoms with Gasteiger partial charge in [-0.15, -0.1) is 0 Å². The summed E-state index contributed by atoms with van der Waals surface area (Å²) in [6.07, 6.45) is 6.61. The van der Waals surface area contributed by atoms with Gasteiger partial charge in [0.2, 0.25) is 0 Å². The van der Waals surface area contributed by atoms with Crippen molar-refractivity contribution in [1.29, 1.82) is 0 Å². The lowest BCUT2D eigenvalue weighted by atomic mass is 10.1. The Kier molecular flexibility index (Phi) is 22.9. The van der Waals surface area contributed by atoms with Gasteiger partial charge in [-0.25, -0.2) is 0 Å². The van der Waals surface area contributed by atoms with Crippen LogP contribution in [0.25, 0.3) is 166 Å². The van der Waals surface area contributed by atoms with Gasteiger partial charge in [-0.3, -0.25) is 0 Å². The van der Waals surface area contributed by atoms with Gasteiger partial charge in [-0.2, -0.15) is 0 Å². The van der Waals surface area contributed by atoms with Crippen LogP contribution in [-0.4, -0.2) is 27.4 Å². The number of rotatable bonds is 12. The van der Waals surface area contributed by atoms with Gasteiger partial charge < -0.3 is 46.8 Å². The fourth-order valence-electron chi connectivity index (χ4n) is 22.1. The number of benzene rings is 21. The van der Waals surface area contributed by atoms with E-state index in [-0.39, 0.29) is 22.3 Å². The number of hydrogen-bond acceptors (Lipinski definition) is 6. The summed E-state index contributed by atoms with van der Waals surface area (Å²) in [7, 11) is 0. The van der Waals surface area contributed by atoms with Crippen LogP contribution in [0.5, 0.6) is 11.5 Å². The quantitative estimate of drug-likeness (QED) is 0.121. The first kappa shape index (κ1) is 89.9. The smallest absolute Gasteiger partial charge is 0.151 e. The minimum Gasteiger partial charge on any atom is -0.453 e. The summed E-state index contributed by atoms with van der Waals surface area (Å²) in [4.78, 5) is 12.1. The van der Waals surface area contributed by atoms with Gasteiger partial charge in [-0.05, 0) is 264 Å². The highest BCUT2D eigenvalue weighted by Crippen LogP contribution is 2.56. The lowest BCUT2D eigenvalue weighted by Gasteiger charge is -2.33. The van der Waals surface area contributed by atoms with Crippen molar-refractivity contribution in [3.63, 3.8) is 0 Å². The molecule has 147 heavy (non-hydrogen) atoms. The molecule has 0 atom stereocenters. The summed E-state index contributed by atoms with van der Waals surface area (Å²) in [5.74, 6) is 1.70. The van der Waals surface area contributed by atoms with E-state index in [9.17, 15) is 0 Å². The minimum absolute atomic E-state index is 0. The Balaban J connectivity index is 0.000000114. The number of ether oxygens (including phenoxy) is 1. The zero-order chi connectivity index (χ0) is 94.8. The molecule has 12 heteroatoms. The number of hydrogen-bond donors (Lipinski definition) is 0. The first-order valence-corrected chi connectivity index (χ1v) is 50.5. The molecule has 0 N–H and O–H groups in total. The largest absolute Gasteiger partial charge is 0.453 e. The van der Waals surface area contributed by atoms with Crippen molar-refractivity contribution in [2.75, 3.05) is 14.7 Å².